The zero-order valence-electron chi connectivity index (χ0n) is 47.8. The minimum absolute atomic E-state index is 0.0297. The van der Waals surface area contributed by atoms with E-state index >= 15 is 0 Å². The number of amides is 1. The lowest BCUT2D eigenvalue weighted by Gasteiger charge is -2.27. The lowest BCUT2D eigenvalue weighted by Crippen LogP contribution is -2.47. The molecular weight excluding hydrogens is 928 g/mol. The third-order valence-corrected chi connectivity index (χ3v) is 13.5. The number of carbonyl (C=O) groups is 2. The summed E-state index contributed by atoms with van der Waals surface area (Å²) in [4.78, 5) is 37.6. The molecule has 3 atom stereocenters. The molecule has 0 aromatic rings. The van der Waals surface area contributed by atoms with Gasteiger partial charge < -0.3 is 19.4 Å². The molecule has 0 aliphatic rings. The number of phosphoric ester groups is 1. The maximum atomic E-state index is 13.5. The number of likely N-dealkylation sites (N-methyl/N-ethyl adjacent to an activating group) is 1. The Hall–Kier alpha value is -3.07. The second-order valence-electron chi connectivity index (χ2n) is 20.8. The van der Waals surface area contributed by atoms with Crippen LogP contribution in [0.1, 0.15) is 239 Å². The van der Waals surface area contributed by atoms with Crippen LogP contribution < -0.4 is 5.32 Å². The summed E-state index contributed by atoms with van der Waals surface area (Å²) < 4.78 is 30.6. The number of esters is 1. The molecule has 0 aromatic carbocycles. The standard InChI is InChI=1S/C63H111N2O7P/c1-7-10-13-16-19-22-25-27-29-30-31-32-33-34-36-38-41-44-47-50-53-56-63(67)72-61(54-51-48-45-42-39-24-21-18-15-12-9-3)60(59-71-73(68,69)70-58-57-65(4,5)6)64-62(66)55-52-49-46-43-40-37-35-28-26-23-20-17-14-11-8-2/h10,13,19-20,22-23,26-29,31-32,34,36,51,54,60-61H,7-9,11-12,14-18,21,24-25,30,33,35,37-50,52-53,55-59H2,1-6H3,(H-,64,66,68,69)/p+1/b13-10-,22-19-,23-20+,28-26+,29-27-,32-31-,36-34-,54-51-. The topological polar surface area (TPSA) is 111 Å². The molecule has 420 valence electrons. The Morgan fingerprint density at radius 3 is 1.42 bits per heavy atom. The predicted octanol–water partition coefficient (Wildman–Crippen LogP) is 18.0. The van der Waals surface area contributed by atoms with Crippen molar-refractivity contribution in [3.05, 3.63) is 97.2 Å². The van der Waals surface area contributed by atoms with Crippen LogP contribution in [0.15, 0.2) is 97.2 Å². The number of unbranched alkanes of at least 4 members (excludes halogenated alkanes) is 23. The minimum atomic E-state index is -4.46. The minimum Gasteiger partial charge on any atom is -0.456 e. The molecule has 0 radical (unpaired) electrons. The molecule has 0 aromatic heterocycles. The molecule has 0 heterocycles. The number of carbonyl (C=O) groups excluding carboxylic acids is 2. The van der Waals surface area contributed by atoms with E-state index in [1.54, 1.807) is 0 Å². The SMILES string of the molecule is CC/C=C\C/C=C\C/C=C\C/C=C\C/C=C\CCCCCCCC(=O)OC(/C=C\CCCCCCCCCCC)C(COP(=O)(O)OCC[N+](C)(C)C)NC(=O)CCCCCCCC/C=C/C=C/CCCCC. The van der Waals surface area contributed by atoms with Crippen molar-refractivity contribution in [2.45, 2.75) is 251 Å². The highest BCUT2D eigenvalue weighted by Gasteiger charge is 2.30. The fourth-order valence-corrected chi connectivity index (χ4v) is 8.69. The van der Waals surface area contributed by atoms with Gasteiger partial charge in [-0.05, 0) is 102 Å². The van der Waals surface area contributed by atoms with Crippen molar-refractivity contribution >= 4 is 19.7 Å². The first kappa shape index (κ1) is 69.9. The van der Waals surface area contributed by atoms with Crippen LogP contribution >= 0.6 is 7.82 Å². The zero-order chi connectivity index (χ0) is 53.6. The van der Waals surface area contributed by atoms with Crippen molar-refractivity contribution in [3.63, 3.8) is 0 Å². The molecule has 0 aliphatic heterocycles. The van der Waals surface area contributed by atoms with E-state index in [4.69, 9.17) is 13.8 Å². The number of quaternary nitrogens is 1. The van der Waals surface area contributed by atoms with Crippen LogP contribution in [-0.2, 0) is 27.9 Å². The van der Waals surface area contributed by atoms with E-state index in [-0.39, 0.29) is 31.5 Å². The van der Waals surface area contributed by atoms with Gasteiger partial charge in [-0.1, -0.05) is 221 Å². The third-order valence-electron chi connectivity index (χ3n) is 12.5. The summed E-state index contributed by atoms with van der Waals surface area (Å²) in [5, 5.41) is 3.03. The summed E-state index contributed by atoms with van der Waals surface area (Å²) in [5.74, 6) is -0.547. The molecule has 0 saturated heterocycles. The summed E-state index contributed by atoms with van der Waals surface area (Å²) >= 11 is 0. The van der Waals surface area contributed by atoms with Gasteiger partial charge in [-0.2, -0.15) is 0 Å². The van der Waals surface area contributed by atoms with E-state index in [9.17, 15) is 19.0 Å². The molecule has 2 N–H and O–H groups in total. The van der Waals surface area contributed by atoms with Crippen LogP contribution in [0.4, 0.5) is 0 Å². The molecule has 1 amide bonds. The highest BCUT2D eigenvalue weighted by molar-refractivity contribution is 7.47. The maximum absolute atomic E-state index is 13.5. The van der Waals surface area contributed by atoms with Crippen molar-refractivity contribution in [3.8, 4) is 0 Å². The number of ether oxygens (including phenoxy) is 1. The fraction of sp³-hybridized carbons (Fsp3) is 0.714. The second kappa shape index (κ2) is 52.4. The van der Waals surface area contributed by atoms with Crippen molar-refractivity contribution in [1.29, 1.82) is 0 Å². The average molecular weight is 1040 g/mol. The van der Waals surface area contributed by atoms with Gasteiger partial charge >= 0.3 is 13.8 Å². The van der Waals surface area contributed by atoms with Gasteiger partial charge in [-0.3, -0.25) is 18.6 Å². The molecule has 0 rings (SSSR count). The summed E-state index contributed by atoms with van der Waals surface area (Å²) in [6, 6.07) is -0.867. The first-order valence-electron chi connectivity index (χ1n) is 29.6. The number of rotatable bonds is 52. The highest BCUT2D eigenvalue weighted by atomic mass is 31.2. The Labute approximate surface area is 449 Å². The van der Waals surface area contributed by atoms with E-state index in [2.05, 4.69) is 111 Å². The Balaban J connectivity index is 5.32. The smallest absolute Gasteiger partial charge is 0.456 e. The van der Waals surface area contributed by atoms with Gasteiger partial charge in [0.2, 0.25) is 5.91 Å². The number of nitrogens with one attached hydrogen (secondary N) is 1. The molecule has 0 spiro atoms. The largest absolute Gasteiger partial charge is 0.472 e. The number of allylic oxidation sites excluding steroid dienone is 15. The molecule has 0 saturated carbocycles. The van der Waals surface area contributed by atoms with Crippen molar-refractivity contribution < 1.29 is 37.3 Å². The molecule has 0 aliphatic carbocycles. The monoisotopic (exact) mass is 1040 g/mol. The zero-order valence-corrected chi connectivity index (χ0v) is 48.7. The number of hydrogen-bond acceptors (Lipinski definition) is 6. The summed E-state index contributed by atoms with van der Waals surface area (Å²) in [7, 11) is 1.46. The number of phosphoric acid groups is 1. The van der Waals surface area contributed by atoms with Gasteiger partial charge in [0, 0.05) is 12.8 Å². The van der Waals surface area contributed by atoms with Crippen LogP contribution in [0.3, 0.4) is 0 Å². The first-order chi connectivity index (χ1) is 35.4. The highest BCUT2D eigenvalue weighted by Crippen LogP contribution is 2.43. The summed E-state index contributed by atoms with van der Waals surface area (Å²) in [5.41, 5.74) is 0. The Bertz CT molecular complexity index is 1570. The van der Waals surface area contributed by atoms with Crippen molar-refractivity contribution in [2.24, 2.45) is 0 Å². The van der Waals surface area contributed by atoms with Crippen molar-refractivity contribution in [1.82, 2.24) is 5.32 Å². The fourth-order valence-electron chi connectivity index (χ4n) is 7.96. The lowest BCUT2D eigenvalue weighted by atomic mass is 10.1. The van der Waals surface area contributed by atoms with Crippen LogP contribution in [0, 0.1) is 0 Å². The van der Waals surface area contributed by atoms with Crippen LogP contribution in [-0.4, -0.2) is 74.3 Å². The number of nitrogens with zero attached hydrogens (tertiary/aromatic N) is 1. The van der Waals surface area contributed by atoms with E-state index in [0.717, 1.165) is 128 Å². The lowest BCUT2D eigenvalue weighted by molar-refractivity contribution is -0.870. The van der Waals surface area contributed by atoms with Gasteiger partial charge in [-0.25, -0.2) is 4.57 Å². The molecule has 3 unspecified atom stereocenters. The quantitative estimate of drug-likeness (QED) is 0.0156. The normalized spacial score (nSPS) is 14.5. The Morgan fingerprint density at radius 2 is 0.918 bits per heavy atom. The molecular formula is C63H112N2O7P+. The molecule has 9 nitrogen and oxygen atoms in total. The van der Waals surface area contributed by atoms with E-state index in [1.165, 1.54) is 70.6 Å². The van der Waals surface area contributed by atoms with Gasteiger partial charge in [0.25, 0.3) is 0 Å². The van der Waals surface area contributed by atoms with Gasteiger partial charge in [0.1, 0.15) is 19.3 Å². The first-order valence-corrected chi connectivity index (χ1v) is 31.1. The third kappa shape index (κ3) is 53.6. The van der Waals surface area contributed by atoms with Gasteiger partial charge in [0.05, 0.1) is 33.8 Å². The Morgan fingerprint density at radius 1 is 0.507 bits per heavy atom. The van der Waals surface area contributed by atoms with Gasteiger partial charge in [-0.15, -0.1) is 0 Å². The average Bonchev–Trinajstić information content (AvgIpc) is 3.35. The summed E-state index contributed by atoms with van der Waals surface area (Å²) in [6.45, 7) is 6.83. The second-order valence-corrected chi connectivity index (χ2v) is 22.3. The predicted molar refractivity (Wildman–Crippen MR) is 314 cm³/mol. The molecule has 10 heteroatoms. The van der Waals surface area contributed by atoms with E-state index < -0.39 is 20.0 Å². The molecule has 0 bridgehead atoms. The molecule has 73 heavy (non-hydrogen) atoms. The number of hydrogen-bond donors (Lipinski definition) is 2. The molecule has 0 fully saturated rings. The van der Waals surface area contributed by atoms with Crippen LogP contribution in [0.2, 0.25) is 0 Å². The van der Waals surface area contributed by atoms with E-state index in [0.29, 0.717) is 23.9 Å². The van der Waals surface area contributed by atoms with Crippen LogP contribution in [0.5, 0.6) is 0 Å². The summed E-state index contributed by atoms with van der Waals surface area (Å²) in [6.07, 6.45) is 69.7. The van der Waals surface area contributed by atoms with Gasteiger partial charge in [0.15, 0.2) is 0 Å². The van der Waals surface area contributed by atoms with E-state index in [1.807, 2.05) is 33.3 Å². The Kier molecular flexibility index (Phi) is 50.2. The van der Waals surface area contributed by atoms with Crippen LogP contribution in [0.25, 0.3) is 0 Å². The van der Waals surface area contributed by atoms with Crippen molar-refractivity contribution in [2.75, 3.05) is 40.9 Å². The maximum Gasteiger partial charge on any atom is 0.472 e.